The molecule has 0 saturated heterocycles. The van der Waals surface area contributed by atoms with Gasteiger partial charge in [-0.1, -0.05) is 17.7 Å². The molecule has 0 spiro atoms. The molecule has 2 N–H and O–H groups in total. The number of anilines is 1. The van der Waals surface area contributed by atoms with Crippen molar-refractivity contribution in [1.29, 1.82) is 0 Å². The van der Waals surface area contributed by atoms with Crippen LogP contribution in [0.1, 0.15) is 5.56 Å². The quantitative estimate of drug-likeness (QED) is 0.850. The lowest BCUT2D eigenvalue weighted by molar-refractivity contribution is -0.274. The van der Waals surface area contributed by atoms with Gasteiger partial charge in [0.2, 0.25) is 0 Å². The van der Waals surface area contributed by atoms with Gasteiger partial charge in [0.25, 0.3) is 0 Å². The highest BCUT2D eigenvalue weighted by Gasteiger charge is 2.30. The lowest BCUT2D eigenvalue weighted by Crippen LogP contribution is -2.16. The van der Waals surface area contributed by atoms with Gasteiger partial charge in [0.1, 0.15) is 18.1 Å². The summed E-state index contributed by atoms with van der Waals surface area (Å²) in [5.41, 5.74) is 6.88. The molecule has 0 amide bonds. The minimum Gasteiger partial charge on any atom is -0.489 e. The van der Waals surface area contributed by atoms with Crippen LogP contribution in [-0.2, 0) is 6.61 Å². The van der Waals surface area contributed by atoms with Crippen molar-refractivity contribution in [3.8, 4) is 11.5 Å². The van der Waals surface area contributed by atoms with Crippen molar-refractivity contribution in [2.24, 2.45) is 0 Å². The smallest absolute Gasteiger partial charge is 0.489 e. The Hall–Kier alpha value is -2.08. The highest BCUT2D eigenvalue weighted by atomic mass is 35.5. The second-order valence-electron chi connectivity index (χ2n) is 4.12. The SMILES string of the molecule is Nc1cccc(Cl)c1COc1ccc(OC(F)(F)F)cc1. The van der Waals surface area contributed by atoms with E-state index in [9.17, 15) is 13.2 Å². The summed E-state index contributed by atoms with van der Waals surface area (Å²) in [5, 5.41) is 0.465. The fraction of sp³-hybridized carbons (Fsp3) is 0.143. The predicted molar refractivity (Wildman–Crippen MR) is 73.3 cm³/mol. The first kappa shape index (κ1) is 15.3. The van der Waals surface area contributed by atoms with Crippen molar-refractivity contribution < 1.29 is 22.6 Å². The normalized spacial score (nSPS) is 11.2. The van der Waals surface area contributed by atoms with Gasteiger partial charge in [-0.25, -0.2) is 0 Å². The molecule has 0 aliphatic heterocycles. The Morgan fingerprint density at radius 3 is 2.19 bits per heavy atom. The highest BCUT2D eigenvalue weighted by molar-refractivity contribution is 6.31. The first-order valence-corrected chi connectivity index (χ1v) is 6.24. The second kappa shape index (κ2) is 6.13. The second-order valence-corrected chi connectivity index (χ2v) is 4.52. The van der Waals surface area contributed by atoms with Crippen molar-refractivity contribution in [1.82, 2.24) is 0 Å². The molecule has 7 heteroatoms. The van der Waals surface area contributed by atoms with Gasteiger partial charge in [0, 0.05) is 16.3 Å². The molecule has 0 radical (unpaired) electrons. The summed E-state index contributed by atoms with van der Waals surface area (Å²) in [5.74, 6) is 0.0657. The predicted octanol–water partition coefficient (Wildman–Crippen LogP) is 4.40. The lowest BCUT2D eigenvalue weighted by atomic mass is 10.2. The number of nitrogen functional groups attached to an aromatic ring is 1. The van der Waals surface area contributed by atoms with Crippen LogP contribution in [-0.4, -0.2) is 6.36 Å². The maximum Gasteiger partial charge on any atom is 0.573 e. The van der Waals surface area contributed by atoms with Gasteiger partial charge in [-0.3, -0.25) is 0 Å². The summed E-state index contributed by atoms with van der Waals surface area (Å²) in [6.45, 7) is 0.116. The summed E-state index contributed by atoms with van der Waals surface area (Å²) in [6.07, 6.45) is -4.71. The number of nitrogens with two attached hydrogens (primary N) is 1. The van der Waals surface area contributed by atoms with E-state index in [0.29, 0.717) is 22.0 Å². The van der Waals surface area contributed by atoms with Gasteiger partial charge in [0.15, 0.2) is 0 Å². The van der Waals surface area contributed by atoms with E-state index in [1.54, 1.807) is 18.2 Å². The zero-order chi connectivity index (χ0) is 15.5. The van der Waals surface area contributed by atoms with Crippen LogP contribution < -0.4 is 15.2 Å². The molecule has 112 valence electrons. The summed E-state index contributed by atoms with van der Waals surface area (Å²) in [4.78, 5) is 0. The molecule has 0 unspecified atom stereocenters. The molecule has 2 aromatic rings. The molecule has 2 aromatic carbocycles. The first-order valence-electron chi connectivity index (χ1n) is 5.86. The number of hydrogen-bond acceptors (Lipinski definition) is 3. The Balaban J connectivity index is 2.01. The van der Waals surface area contributed by atoms with E-state index in [1.165, 1.54) is 24.3 Å². The summed E-state index contributed by atoms with van der Waals surface area (Å²) in [7, 11) is 0. The molecular formula is C14H11ClF3NO2. The topological polar surface area (TPSA) is 44.5 Å². The Labute approximate surface area is 124 Å². The molecule has 0 aliphatic carbocycles. The number of benzene rings is 2. The van der Waals surface area contributed by atoms with Crippen molar-refractivity contribution in [2.75, 3.05) is 5.73 Å². The number of alkyl halides is 3. The van der Waals surface area contributed by atoms with Gasteiger partial charge >= 0.3 is 6.36 Å². The Kier molecular flexibility index (Phi) is 4.47. The van der Waals surface area contributed by atoms with Crippen LogP contribution in [0.4, 0.5) is 18.9 Å². The summed E-state index contributed by atoms with van der Waals surface area (Å²) >= 11 is 5.99. The zero-order valence-electron chi connectivity index (χ0n) is 10.7. The molecule has 0 heterocycles. The minimum absolute atomic E-state index is 0.116. The molecule has 0 bridgehead atoms. The Morgan fingerprint density at radius 2 is 1.62 bits per heavy atom. The van der Waals surface area contributed by atoms with Gasteiger partial charge in [-0.15, -0.1) is 13.2 Å². The van der Waals surface area contributed by atoms with Crippen LogP contribution in [0.2, 0.25) is 5.02 Å². The van der Waals surface area contributed by atoms with E-state index in [1.807, 2.05) is 0 Å². The van der Waals surface area contributed by atoms with Crippen LogP contribution in [0, 0.1) is 0 Å². The van der Waals surface area contributed by atoms with Crippen molar-refractivity contribution in [3.05, 3.63) is 53.1 Å². The van der Waals surface area contributed by atoms with E-state index in [2.05, 4.69) is 4.74 Å². The standard InChI is InChI=1S/C14H11ClF3NO2/c15-12-2-1-3-13(19)11(12)8-20-9-4-6-10(7-5-9)21-14(16,17)18/h1-7H,8,19H2. The molecule has 21 heavy (non-hydrogen) atoms. The van der Waals surface area contributed by atoms with Gasteiger partial charge in [0.05, 0.1) is 0 Å². The van der Waals surface area contributed by atoms with Crippen LogP contribution in [0.3, 0.4) is 0 Å². The first-order chi connectivity index (χ1) is 9.85. The third-order valence-corrected chi connectivity index (χ3v) is 2.95. The van der Waals surface area contributed by atoms with Gasteiger partial charge in [-0.05, 0) is 36.4 Å². The maximum absolute atomic E-state index is 12.0. The highest BCUT2D eigenvalue weighted by Crippen LogP contribution is 2.27. The number of rotatable bonds is 4. The average molecular weight is 318 g/mol. The third kappa shape index (κ3) is 4.46. The molecule has 0 aromatic heterocycles. The molecule has 2 rings (SSSR count). The largest absolute Gasteiger partial charge is 0.573 e. The average Bonchev–Trinajstić information content (AvgIpc) is 2.38. The van der Waals surface area contributed by atoms with Crippen LogP contribution >= 0.6 is 11.6 Å². The van der Waals surface area contributed by atoms with Gasteiger partial charge in [-0.2, -0.15) is 0 Å². The minimum atomic E-state index is -4.71. The van der Waals surface area contributed by atoms with Crippen LogP contribution in [0.5, 0.6) is 11.5 Å². The Bertz CT molecular complexity index is 594. The molecule has 0 atom stereocenters. The Morgan fingerprint density at radius 1 is 1.00 bits per heavy atom. The lowest BCUT2D eigenvalue weighted by Gasteiger charge is -2.11. The third-order valence-electron chi connectivity index (χ3n) is 2.60. The number of ether oxygens (including phenoxy) is 2. The molecular weight excluding hydrogens is 307 g/mol. The van der Waals surface area contributed by atoms with E-state index in [-0.39, 0.29) is 12.4 Å². The van der Waals surface area contributed by atoms with Crippen molar-refractivity contribution in [3.63, 3.8) is 0 Å². The van der Waals surface area contributed by atoms with E-state index < -0.39 is 6.36 Å². The fourth-order valence-corrected chi connectivity index (χ4v) is 1.86. The van der Waals surface area contributed by atoms with Crippen LogP contribution in [0.25, 0.3) is 0 Å². The van der Waals surface area contributed by atoms with Crippen LogP contribution in [0.15, 0.2) is 42.5 Å². The van der Waals surface area contributed by atoms with Gasteiger partial charge < -0.3 is 15.2 Å². The molecule has 0 saturated carbocycles. The number of halogens is 4. The maximum atomic E-state index is 12.0. The molecule has 0 aliphatic rings. The van der Waals surface area contributed by atoms with Crippen molar-refractivity contribution in [2.45, 2.75) is 13.0 Å². The zero-order valence-corrected chi connectivity index (χ0v) is 11.4. The summed E-state index contributed by atoms with van der Waals surface area (Å²) in [6, 6.07) is 10.1. The van der Waals surface area contributed by atoms with E-state index in [0.717, 1.165) is 0 Å². The van der Waals surface area contributed by atoms with Crippen molar-refractivity contribution >= 4 is 17.3 Å². The van der Waals surface area contributed by atoms with E-state index >= 15 is 0 Å². The molecule has 0 fully saturated rings. The molecule has 3 nitrogen and oxygen atoms in total. The number of hydrogen-bond donors (Lipinski definition) is 1. The summed E-state index contributed by atoms with van der Waals surface area (Å²) < 4.78 is 45.3. The monoisotopic (exact) mass is 317 g/mol. The van der Waals surface area contributed by atoms with E-state index in [4.69, 9.17) is 22.1 Å². The fourth-order valence-electron chi connectivity index (χ4n) is 1.62.